The van der Waals surface area contributed by atoms with Crippen LogP contribution in [0.25, 0.3) is 0 Å². The van der Waals surface area contributed by atoms with Crippen LogP contribution in [-0.2, 0) is 4.84 Å². The molecule has 2 N–H and O–H groups in total. The largest absolute Gasteiger partial charge is 0.316 e. The molecule has 0 aliphatic carbocycles. The summed E-state index contributed by atoms with van der Waals surface area (Å²) in [6.07, 6.45) is 2.63. The maximum absolute atomic E-state index is 5.32. The first kappa shape index (κ1) is 11.0. The Balaban J connectivity index is 1.92. The van der Waals surface area contributed by atoms with Gasteiger partial charge in [0.2, 0.25) is 0 Å². The maximum atomic E-state index is 5.32. The Morgan fingerprint density at radius 2 is 2.38 bits per heavy atom. The fraction of sp³-hybridized carbons (Fsp3) is 1.00. The molecule has 1 aliphatic heterocycles. The van der Waals surface area contributed by atoms with Gasteiger partial charge in [0, 0.05) is 6.54 Å². The molecule has 0 spiro atoms. The van der Waals surface area contributed by atoms with Gasteiger partial charge < -0.3 is 10.2 Å². The zero-order valence-corrected chi connectivity index (χ0v) is 8.81. The average Bonchev–Trinajstić information content (AvgIpc) is 2.14. The van der Waals surface area contributed by atoms with Crippen molar-refractivity contribution < 1.29 is 4.84 Å². The van der Waals surface area contributed by atoms with Crippen LogP contribution >= 0.6 is 0 Å². The molecule has 1 rings (SSSR count). The molecule has 0 amide bonds. The highest BCUT2D eigenvalue weighted by molar-refractivity contribution is 4.69. The SMILES string of the molecule is CC(C)CONCC1CCCNC1. The van der Waals surface area contributed by atoms with Gasteiger partial charge >= 0.3 is 0 Å². The van der Waals surface area contributed by atoms with Crippen LogP contribution in [0.3, 0.4) is 0 Å². The van der Waals surface area contributed by atoms with Crippen molar-refractivity contribution in [3.63, 3.8) is 0 Å². The molecule has 1 saturated heterocycles. The lowest BCUT2D eigenvalue weighted by molar-refractivity contribution is 0.0142. The lowest BCUT2D eigenvalue weighted by atomic mass is 10.0. The van der Waals surface area contributed by atoms with Gasteiger partial charge in [0.05, 0.1) is 6.61 Å². The molecule has 0 aromatic rings. The number of hydrogen-bond acceptors (Lipinski definition) is 3. The molecule has 13 heavy (non-hydrogen) atoms. The molecular formula is C10H22N2O. The van der Waals surface area contributed by atoms with E-state index in [0.717, 1.165) is 25.6 Å². The van der Waals surface area contributed by atoms with Crippen LogP contribution in [-0.4, -0.2) is 26.2 Å². The van der Waals surface area contributed by atoms with Gasteiger partial charge in [-0.3, -0.25) is 0 Å². The third kappa shape index (κ3) is 5.24. The Bertz CT molecular complexity index is 122. The van der Waals surface area contributed by atoms with Gasteiger partial charge in [-0.25, -0.2) is 5.48 Å². The van der Waals surface area contributed by atoms with Gasteiger partial charge in [-0.05, 0) is 37.8 Å². The summed E-state index contributed by atoms with van der Waals surface area (Å²) in [6, 6.07) is 0. The zero-order chi connectivity index (χ0) is 9.52. The molecule has 0 aromatic carbocycles. The molecule has 0 bridgehead atoms. The predicted molar refractivity (Wildman–Crippen MR) is 54.4 cm³/mol. The molecule has 0 radical (unpaired) electrons. The summed E-state index contributed by atoms with van der Waals surface area (Å²) in [5, 5.41) is 3.39. The summed E-state index contributed by atoms with van der Waals surface area (Å²) >= 11 is 0. The van der Waals surface area contributed by atoms with Crippen LogP contribution in [0.1, 0.15) is 26.7 Å². The smallest absolute Gasteiger partial charge is 0.0705 e. The maximum Gasteiger partial charge on any atom is 0.0705 e. The zero-order valence-electron chi connectivity index (χ0n) is 8.81. The van der Waals surface area contributed by atoms with Crippen molar-refractivity contribution in [2.24, 2.45) is 11.8 Å². The molecule has 3 heteroatoms. The lowest BCUT2D eigenvalue weighted by Gasteiger charge is -2.22. The van der Waals surface area contributed by atoms with Gasteiger partial charge in [-0.1, -0.05) is 13.8 Å². The van der Waals surface area contributed by atoms with Crippen molar-refractivity contribution in [2.45, 2.75) is 26.7 Å². The highest BCUT2D eigenvalue weighted by atomic mass is 16.6. The Kier molecular flexibility index (Phi) is 5.35. The van der Waals surface area contributed by atoms with E-state index >= 15 is 0 Å². The first-order valence-electron chi connectivity index (χ1n) is 5.34. The minimum absolute atomic E-state index is 0.608. The van der Waals surface area contributed by atoms with E-state index in [-0.39, 0.29) is 0 Å². The van der Waals surface area contributed by atoms with Crippen molar-refractivity contribution in [3.05, 3.63) is 0 Å². The van der Waals surface area contributed by atoms with Gasteiger partial charge in [0.1, 0.15) is 0 Å². The van der Waals surface area contributed by atoms with Crippen LogP contribution in [0.5, 0.6) is 0 Å². The molecule has 0 aromatic heterocycles. The number of hydroxylamine groups is 1. The van der Waals surface area contributed by atoms with E-state index < -0.39 is 0 Å². The van der Waals surface area contributed by atoms with Crippen molar-refractivity contribution in [1.82, 2.24) is 10.8 Å². The van der Waals surface area contributed by atoms with E-state index in [9.17, 15) is 0 Å². The molecule has 0 saturated carbocycles. The summed E-state index contributed by atoms with van der Waals surface area (Å²) in [5.74, 6) is 1.36. The van der Waals surface area contributed by atoms with Gasteiger partial charge in [0.15, 0.2) is 0 Å². The van der Waals surface area contributed by atoms with E-state index in [1.54, 1.807) is 0 Å². The fourth-order valence-corrected chi connectivity index (χ4v) is 1.50. The number of rotatable bonds is 5. The normalized spacial score (nSPS) is 23.8. The number of piperidine rings is 1. The summed E-state index contributed by atoms with van der Waals surface area (Å²) in [5.41, 5.74) is 3.05. The molecular weight excluding hydrogens is 164 g/mol. The third-order valence-electron chi connectivity index (χ3n) is 2.29. The lowest BCUT2D eigenvalue weighted by Crippen LogP contribution is -2.36. The van der Waals surface area contributed by atoms with E-state index in [0.29, 0.717) is 5.92 Å². The Morgan fingerprint density at radius 1 is 1.54 bits per heavy atom. The van der Waals surface area contributed by atoms with Crippen molar-refractivity contribution in [3.8, 4) is 0 Å². The standard InChI is InChI=1S/C10H22N2O/c1-9(2)8-13-12-7-10-4-3-5-11-6-10/h9-12H,3-8H2,1-2H3. The summed E-state index contributed by atoms with van der Waals surface area (Å²) < 4.78 is 0. The number of nitrogens with one attached hydrogen (secondary N) is 2. The van der Waals surface area contributed by atoms with Crippen LogP contribution in [0.4, 0.5) is 0 Å². The second-order valence-corrected chi connectivity index (χ2v) is 4.27. The monoisotopic (exact) mass is 186 g/mol. The van der Waals surface area contributed by atoms with Crippen molar-refractivity contribution in [1.29, 1.82) is 0 Å². The second-order valence-electron chi connectivity index (χ2n) is 4.27. The topological polar surface area (TPSA) is 33.3 Å². The highest BCUT2D eigenvalue weighted by Gasteiger charge is 2.11. The minimum atomic E-state index is 0.608. The summed E-state index contributed by atoms with van der Waals surface area (Å²) in [4.78, 5) is 5.32. The predicted octanol–water partition coefficient (Wildman–Crippen LogP) is 1.16. The second kappa shape index (κ2) is 6.35. The molecule has 3 nitrogen and oxygen atoms in total. The first-order chi connectivity index (χ1) is 6.29. The minimum Gasteiger partial charge on any atom is -0.316 e. The summed E-state index contributed by atoms with van der Waals surface area (Å²) in [7, 11) is 0. The molecule has 78 valence electrons. The average molecular weight is 186 g/mol. The van der Waals surface area contributed by atoms with E-state index in [1.165, 1.54) is 19.4 Å². The molecule has 1 fully saturated rings. The third-order valence-corrected chi connectivity index (χ3v) is 2.29. The summed E-state index contributed by atoms with van der Waals surface area (Å²) in [6.45, 7) is 8.43. The molecule has 1 unspecified atom stereocenters. The van der Waals surface area contributed by atoms with Gasteiger partial charge in [0.25, 0.3) is 0 Å². The van der Waals surface area contributed by atoms with Crippen molar-refractivity contribution >= 4 is 0 Å². The molecule has 1 heterocycles. The molecule has 1 aliphatic rings. The van der Waals surface area contributed by atoms with Crippen LogP contribution in [0.2, 0.25) is 0 Å². The van der Waals surface area contributed by atoms with Gasteiger partial charge in [-0.2, -0.15) is 0 Å². The Morgan fingerprint density at radius 3 is 3.00 bits per heavy atom. The van der Waals surface area contributed by atoms with Gasteiger partial charge in [-0.15, -0.1) is 0 Å². The first-order valence-corrected chi connectivity index (χ1v) is 5.34. The van der Waals surface area contributed by atoms with Crippen LogP contribution in [0.15, 0.2) is 0 Å². The quantitative estimate of drug-likeness (QED) is 0.499. The van der Waals surface area contributed by atoms with E-state index in [2.05, 4.69) is 24.6 Å². The van der Waals surface area contributed by atoms with Crippen molar-refractivity contribution in [2.75, 3.05) is 26.2 Å². The van der Waals surface area contributed by atoms with E-state index in [4.69, 9.17) is 4.84 Å². The number of hydrogen-bond donors (Lipinski definition) is 2. The highest BCUT2D eigenvalue weighted by Crippen LogP contribution is 2.07. The molecule has 1 atom stereocenters. The Hall–Kier alpha value is -0.120. The van der Waals surface area contributed by atoms with Crippen LogP contribution in [0, 0.1) is 11.8 Å². The fourth-order valence-electron chi connectivity index (χ4n) is 1.50. The Labute approximate surface area is 81.2 Å². The van der Waals surface area contributed by atoms with E-state index in [1.807, 2.05) is 0 Å². The van der Waals surface area contributed by atoms with Crippen LogP contribution < -0.4 is 10.8 Å².